The quantitative estimate of drug-likeness (QED) is 0.0197. The van der Waals surface area contributed by atoms with Gasteiger partial charge in [0.1, 0.15) is 0 Å². The highest BCUT2D eigenvalue weighted by Gasteiger charge is 2.05. The Kier molecular flexibility index (Phi) is 73.3. The van der Waals surface area contributed by atoms with Crippen molar-refractivity contribution in [2.75, 3.05) is 25.6 Å². The van der Waals surface area contributed by atoms with E-state index in [1.54, 1.807) is 0 Å². The molecule has 0 saturated carbocycles. The molecule has 74 heavy (non-hydrogen) atoms. The molecule has 0 spiro atoms. The highest BCUT2D eigenvalue weighted by molar-refractivity contribution is 7.85. The Morgan fingerprint density at radius 3 is 0.932 bits per heavy atom. The minimum Gasteiger partial charge on any atom is -0.748 e. The van der Waals surface area contributed by atoms with Crippen molar-refractivity contribution in [2.24, 2.45) is 0 Å². The van der Waals surface area contributed by atoms with E-state index in [1.807, 2.05) is 0 Å². The third-order valence-corrected chi connectivity index (χ3v) is 13.1. The van der Waals surface area contributed by atoms with E-state index in [0.29, 0.717) is 19.8 Å². The Balaban J connectivity index is -0.000000479. The molecule has 0 radical (unpaired) electrons. The fourth-order valence-corrected chi connectivity index (χ4v) is 8.17. The van der Waals surface area contributed by atoms with Gasteiger partial charge in [0.15, 0.2) is 0 Å². The van der Waals surface area contributed by atoms with E-state index >= 15 is 0 Å². The van der Waals surface area contributed by atoms with Crippen molar-refractivity contribution in [3.8, 4) is 0 Å². The molecule has 0 saturated heterocycles. The zero-order valence-electron chi connectivity index (χ0n) is 48.3. The minimum atomic E-state index is -4.34. The van der Waals surface area contributed by atoms with Gasteiger partial charge in [-0.15, -0.1) is 0 Å². The maximum absolute atomic E-state index is 11.2. The SMILES string of the molecule is C=CC(=O)O.C=CC(=O)OCCCCCCCC/C=C\CCCCCCCC.CCCCCCCC/C=C\CCCCCCCCO.CCCCCCCC/C=C\CCCCCCCCOC(=O)CCS(=O)(=O)[O-]. The number of ether oxygens (including phenoxy) is 2. The Hall–Kier alpha value is -3.02. The summed E-state index contributed by atoms with van der Waals surface area (Å²) in [6.07, 6.45) is 69.4. The lowest BCUT2D eigenvalue weighted by atomic mass is 10.1. The number of allylic oxidation sites excluding steroid dienone is 6. The van der Waals surface area contributed by atoms with E-state index in [4.69, 9.17) is 19.7 Å². The predicted octanol–water partition coefficient (Wildman–Crippen LogP) is 18.5. The molecule has 0 amide bonds. The molecule has 11 heteroatoms. The maximum Gasteiger partial charge on any atom is 0.330 e. The van der Waals surface area contributed by atoms with Gasteiger partial charge in [-0.05, 0) is 96.3 Å². The monoisotopic (exact) mass is 1070 g/mol. The first-order valence-corrected chi connectivity index (χ1v) is 31.8. The Morgan fingerprint density at radius 2 is 0.676 bits per heavy atom. The average Bonchev–Trinajstić information content (AvgIpc) is 3.39. The number of carbonyl (C=O) groups excluding carboxylic acids is 2. The molecule has 0 aliphatic heterocycles. The summed E-state index contributed by atoms with van der Waals surface area (Å²) in [6.45, 7) is 14.3. The summed E-state index contributed by atoms with van der Waals surface area (Å²) < 4.78 is 41.1. The van der Waals surface area contributed by atoms with Gasteiger partial charge in [0, 0.05) is 24.5 Å². The standard InChI is InChI=1S/C21H40O5S.C21H38O2.C18H36O.C3H4O2/c1-2-3-4-5-6-7-8-9-10-11-12-13-14-15-16-17-19-26-21(22)18-20-27(23,24)25;1-3-5-6-7-8-9-10-11-12-13-14-15-16-17-18-19-20-23-21(22)4-2;1-2-3-4-5-6-7-8-9-10-11-12-13-14-15-16-17-18-19;1-2-3(4)5/h9-10H,2-8,11-20H2,1H3,(H,23,24,25);4,11-12H,2-3,5-10,13-20H2,1H3;9-10,19H,2-8,11-18H2,1H3;2H,1H2,(H,4,5)/p-1/b10-9-;12-11-;10-9-;. The van der Waals surface area contributed by atoms with Gasteiger partial charge in [0.25, 0.3) is 0 Å². The average molecular weight is 1070 g/mol. The summed E-state index contributed by atoms with van der Waals surface area (Å²) in [5.41, 5.74) is 0. The summed E-state index contributed by atoms with van der Waals surface area (Å²) in [7, 11) is -4.34. The van der Waals surface area contributed by atoms with E-state index in [9.17, 15) is 27.4 Å². The van der Waals surface area contributed by atoms with Gasteiger partial charge < -0.3 is 24.2 Å². The number of carbonyl (C=O) groups is 3. The number of carboxylic acid groups (broad SMARTS) is 1. The number of aliphatic hydroxyl groups excluding tert-OH is 1. The molecule has 0 aromatic carbocycles. The smallest absolute Gasteiger partial charge is 0.330 e. The molecule has 0 rings (SSSR count). The molecule has 10 nitrogen and oxygen atoms in total. The molecular formula is C63H117O10S-. The molecular weight excluding hydrogens is 949 g/mol. The van der Waals surface area contributed by atoms with Crippen LogP contribution in [0.3, 0.4) is 0 Å². The molecule has 0 aliphatic carbocycles. The topological polar surface area (TPSA) is 167 Å². The number of aliphatic hydroxyl groups is 1. The van der Waals surface area contributed by atoms with Crippen LogP contribution in [0.25, 0.3) is 0 Å². The van der Waals surface area contributed by atoms with Crippen molar-refractivity contribution in [3.05, 3.63) is 61.8 Å². The third-order valence-electron chi connectivity index (χ3n) is 12.4. The molecule has 0 aromatic heterocycles. The van der Waals surface area contributed by atoms with E-state index in [-0.39, 0.29) is 12.4 Å². The summed E-state index contributed by atoms with van der Waals surface area (Å²) in [5.74, 6) is -2.58. The van der Waals surface area contributed by atoms with Crippen LogP contribution >= 0.6 is 0 Å². The Bertz CT molecular complexity index is 1370. The first kappa shape index (κ1) is 77.5. The zero-order chi connectivity index (χ0) is 55.5. The number of hydrogen-bond donors (Lipinski definition) is 2. The first-order chi connectivity index (χ1) is 35.9. The predicted molar refractivity (Wildman–Crippen MR) is 315 cm³/mol. The van der Waals surface area contributed by atoms with Crippen molar-refractivity contribution in [2.45, 2.75) is 297 Å². The van der Waals surface area contributed by atoms with Crippen LogP contribution in [0.15, 0.2) is 61.8 Å². The third kappa shape index (κ3) is 85.7. The van der Waals surface area contributed by atoms with Crippen LogP contribution in [0, 0.1) is 0 Å². The van der Waals surface area contributed by atoms with E-state index in [2.05, 4.69) is 70.4 Å². The lowest BCUT2D eigenvalue weighted by molar-refractivity contribution is -0.143. The van der Waals surface area contributed by atoms with Crippen molar-refractivity contribution < 1.29 is 47.0 Å². The van der Waals surface area contributed by atoms with Crippen LogP contribution in [-0.4, -0.2) is 66.7 Å². The van der Waals surface area contributed by atoms with Gasteiger partial charge in [-0.1, -0.05) is 244 Å². The van der Waals surface area contributed by atoms with E-state index in [1.165, 1.54) is 231 Å². The molecule has 2 N–H and O–H groups in total. The van der Waals surface area contributed by atoms with E-state index < -0.39 is 27.8 Å². The van der Waals surface area contributed by atoms with Crippen LogP contribution in [-0.2, 0) is 34.0 Å². The van der Waals surface area contributed by atoms with Crippen LogP contribution in [0.2, 0.25) is 0 Å². The van der Waals surface area contributed by atoms with Crippen LogP contribution in [0.1, 0.15) is 297 Å². The van der Waals surface area contributed by atoms with Crippen molar-refractivity contribution in [1.82, 2.24) is 0 Å². The second-order valence-electron chi connectivity index (χ2n) is 19.7. The van der Waals surface area contributed by atoms with Gasteiger partial charge in [0.2, 0.25) is 0 Å². The van der Waals surface area contributed by atoms with Crippen molar-refractivity contribution >= 4 is 28.0 Å². The van der Waals surface area contributed by atoms with Crippen LogP contribution in [0.5, 0.6) is 0 Å². The Morgan fingerprint density at radius 1 is 0.419 bits per heavy atom. The number of unbranched alkanes of at least 4 members (excludes halogenated alkanes) is 36. The molecule has 0 atom stereocenters. The summed E-state index contributed by atoms with van der Waals surface area (Å²) in [6, 6.07) is 0. The highest BCUT2D eigenvalue weighted by atomic mass is 32.2. The second kappa shape index (κ2) is 70.0. The summed E-state index contributed by atoms with van der Waals surface area (Å²) in [4.78, 5) is 31.3. The lowest BCUT2D eigenvalue weighted by Crippen LogP contribution is -2.13. The lowest BCUT2D eigenvalue weighted by Gasteiger charge is -2.07. The summed E-state index contributed by atoms with van der Waals surface area (Å²) >= 11 is 0. The fourth-order valence-electron chi connectivity index (χ4n) is 7.76. The van der Waals surface area contributed by atoms with Crippen LogP contribution in [0.4, 0.5) is 0 Å². The van der Waals surface area contributed by atoms with E-state index in [0.717, 1.165) is 51.0 Å². The molecule has 0 unspecified atom stereocenters. The molecule has 0 fully saturated rings. The second-order valence-corrected chi connectivity index (χ2v) is 21.2. The summed E-state index contributed by atoms with van der Waals surface area (Å²) in [5, 5.41) is 16.3. The number of esters is 2. The molecule has 436 valence electrons. The first-order valence-electron chi connectivity index (χ1n) is 30.2. The molecule has 0 bridgehead atoms. The number of hydrogen-bond acceptors (Lipinski definition) is 9. The maximum atomic E-state index is 11.2. The van der Waals surface area contributed by atoms with Gasteiger partial charge in [0.05, 0.1) is 29.8 Å². The number of rotatable bonds is 52. The molecule has 0 heterocycles. The Labute approximate surface area is 457 Å². The highest BCUT2D eigenvalue weighted by Crippen LogP contribution is 2.13. The van der Waals surface area contributed by atoms with Gasteiger partial charge >= 0.3 is 17.9 Å². The molecule has 0 aromatic rings. The van der Waals surface area contributed by atoms with Gasteiger partial charge in [-0.25, -0.2) is 18.0 Å². The molecule has 0 aliphatic rings. The van der Waals surface area contributed by atoms with Crippen molar-refractivity contribution in [1.29, 1.82) is 0 Å². The number of aliphatic carboxylic acids is 1. The normalized spacial score (nSPS) is 11.1. The van der Waals surface area contributed by atoms with Crippen LogP contribution < -0.4 is 0 Å². The van der Waals surface area contributed by atoms with Gasteiger partial charge in [-0.3, -0.25) is 4.79 Å². The number of carboxylic acids is 1. The fraction of sp³-hybridized carbons (Fsp3) is 0.794. The zero-order valence-corrected chi connectivity index (χ0v) is 49.2. The van der Waals surface area contributed by atoms with Gasteiger partial charge in [-0.2, -0.15) is 0 Å². The van der Waals surface area contributed by atoms with Crippen molar-refractivity contribution in [3.63, 3.8) is 0 Å². The minimum absolute atomic E-state index is 0.304. The largest absolute Gasteiger partial charge is 0.748 e.